The number of hydrogen-bond acceptors (Lipinski definition) is 3. The van der Waals surface area contributed by atoms with Crippen LogP contribution in [-0.4, -0.2) is 21.8 Å². The Morgan fingerprint density at radius 3 is 2.76 bits per heavy atom. The highest BCUT2D eigenvalue weighted by molar-refractivity contribution is 5.94. The van der Waals surface area contributed by atoms with Gasteiger partial charge in [-0.1, -0.05) is 42.2 Å². The molecule has 2 aromatic heterocycles. The molecule has 0 bridgehead atoms. The Morgan fingerprint density at radius 1 is 1.03 bits per heavy atom. The zero-order valence-electron chi connectivity index (χ0n) is 15.7. The number of nitrogens with one attached hydrogen (secondary N) is 1. The molecule has 0 fully saturated rings. The van der Waals surface area contributed by atoms with Gasteiger partial charge in [0.1, 0.15) is 18.0 Å². The van der Waals surface area contributed by atoms with Crippen molar-refractivity contribution in [2.45, 2.75) is 6.61 Å². The first-order valence-electron chi connectivity index (χ1n) is 9.25. The monoisotopic (exact) mass is 381 g/mol. The molecule has 0 aliphatic heterocycles. The maximum Gasteiger partial charge on any atom is 0.252 e. The third-order valence-electron chi connectivity index (χ3n) is 4.24. The fraction of sp³-hybridized carbons (Fsp3) is 0.0833. The van der Waals surface area contributed by atoms with Crippen LogP contribution in [0.2, 0.25) is 0 Å². The Balaban J connectivity index is 1.34. The minimum absolute atomic E-state index is 0.189. The van der Waals surface area contributed by atoms with Crippen molar-refractivity contribution in [3.8, 4) is 17.6 Å². The zero-order valence-corrected chi connectivity index (χ0v) is 15.7. The molecule has 1 N–H and O–H groups in total. The highest BCUT2D eigenvalue weighted by atomic mass is 16.5. The molecule has 5 nitrogen and oxygen atoms in total. The van der Waals surface area contributed by atoms with E-state index in [9.17, 15) is 4.79 Å². The van der Waals surface area contributed by atoms with Gasteiger partial charge in [0.25, 0.3) is 5.91 Å². The first-order chi connectivity index (χ1) is 14.3. The van der Waals surface area contributed by atoms with Crippen LogP contribution in [0.15, 0.2) is 85.2 Å². The Hall–Kier alpha value is -4.04. The van der Waals surface area contributed by atoms with Crippen molar-refractivity contribution in [2.24, 2.45) is 0 Å². The summed E-state index contributed by atoms with van der Waals surface area (Å²) in [6.45, 7) is 0.607. The normalized spacial score (nSPS) is 10.2. The molecule has 142 valence electrons. The molecule has 2 aromatic carbocycles. The van der Waals surface area contributed by atoms with E-state index >= 15 is 0 Å². The molecule has 0 unspecified atom stereocenters. The maximum absolute atomic E-state index is 12.3. The summed E-state index contributed by atoms with van der Waals surface area (Å²) in [7, 11) is 0. The molecule has 5 heteroatoms. The van der Waals surface area contributed by atoms with Gasteiger partial charge in [0.05, 0.1) is 12.2 Å². The van der Waals surface area contributed by atoms with Crippen LogP contribution in [0.5, 0.6) is 5.75 Å². The summed E-state index contributed by atoms with van der Waals surface area (Å²) in [4.78, 5) is 16.9. The summed E-state index contributed by atoms with van der Waals surface area (Å²) in [6.07, 6.45) is 3.87. The number of pyridine rings is 1. The van der Waals surface area contributed by atoms with Gasteiger partial charge in [-0.3, -0.25) is 4.79 Å². The van der Waals surface area contributed by atoms with E-state index in [1.807, 2.05) is 71.4 Å². The number of amides is 1. The van der Waals surface area contributed by atoms with Gasteiger partial charge in [-0.15, -0.1) is 0 Å². The number of fused-ring (bicyclic) bond motifs is 1. The van der Waals surface area contributed by atoms with E-state index in [4.69, 9.17) is 4.74 Å². The van der Waals surface area contributed by atoms with E-state index in [2.05, 4.69) is 22.1 Å². The lowest BCUT2D eigenvalue weighted by atomic mass is 10.2. The molecule has 0 saturated heterocycles. The Bertz CT molecular complexity index is 1150. The summed E-state index contributed by atoms with van der Waals surface area (Å²) in [5, 5.41) is 2.80. The number of hydrogen-bond donors (Lipinski definition) is 1. The van der Waals surface area contributed by atoms with E-state index < -0.39 is 0 Å². The van der Waals surface area contributed by atoms with Gasteiger partial charge in [0.2, 0.25) is 0 Å². The Morgan fingerprint density at radius 2 is 1.90 bits per heavy atom. The van der Waals surface area contributed by atoms with Gasteiger partial charge in [0, 0.05) is 23.5 Å². The molecule has 2 heterocycles. The quantitative estimate of drug-likeness (QED) is 0.537. The highest BCUT2D eigenvalue weighted by Gasteiger charge is 2.07. The molecule has 0 spiro atoms. The van der Waals surface area contributed by atoms with Gasteiger partial charge < -0.3 is 14.5 Å². The number of benzene rings is 2. The predicted molar refractivity (Wildman–Crippen MR) is 112 cm³/mol. The summed E-state index contributed by atoms with van der Waals surface area (Å²) in [6, 6.07) is 22.6. The second-order valence-electron chi connectivity index (χ2n) is 6.37. The Labute approximate surface area is 169 Å². The lowest BCUT2D eigenvalue weighted by Crippen LogP contribution is -2.23. The van der Waals surface area contributed by atoms with Crippen molar-refractivity contribution in [3.05, 3.63) is 102 Å². The molecule has 29 heavy (non-hydrogen) atoms. The second kappa shape index (κ2) is 8.77. The van der Waals surface area contributed by atoms with Crippen LogP contribution >= 0.6 is 0 Å². The average Bonchev–Trinajstić information content (AvgIpc) is 3.19. The van der Waals surface area contributed by atoms with E-state index in [1.54, 1.807) is 18.2 Å². The molecule has 0 atom stereocenters. The van der Waals surface area contributed by atoms with Crippen molar-refractivity contribution >= 4 is 11.6 Å². The molecule has 0 aliphatic rings. The summed E-state index contributed by atoms with van der Waals surface area (Å²) < 4.78 is 7.76. The van der Waals surface area contributed by atoms with Gasteiger partial charge in [-0.2, -0.15) is 0 Å². The number of rotatable bonds is 5. The third kappa shape index (κ3) is 4.82. The third-order valence-corrected chi connectivity index (χ3v) is 4.24. The smallest absolute Gasteiger partial charge is 0.252 e. The fourth-order valence-corrected chi connectivity index (χ4v) is 2.84. The van der Waals surface area contributed by atoms with Crippen LogP contribution < -0.4 is 10.1 Å². The summed E-state index contributed by atoms with van der Waals surface area (Å²) in [5.74, 6) is 6.39. The van der Waals surface area contributed by atoms with Crippen molar-refractivity contribution in [1.29, 1.82) is 0 Å². The lowest BCUT2D eigenvalue weighted by molar-refractivity contribution is 0.0958. The number of carbonyl (C=O) groups excluding carboxylic acids is 1. The van der Waals surface area contributed by atoms with Crippen molar-refractivity contribution < 1.29 is 9.53 Å². The number of aromatic nitrogens is 2. The van der Waals surface area contributed by atoms with Crippen LogP contribution in [0.4, 0.5) is 0 Å². The second-order valence-corrected chi connectivity index (χ2v) is 6.37. The first kappa shape index (κ1) is 18.3. The number of carbonyl (C=O) groups is 1. The fourth-order valence-electron chi connectivity index (χ4n) is 2.84. The topological polar surface area (TPSA) is 55.6 Å². The van der Waals surface area contributed by atoms with Crippen LogP contribution in [0.3, 0.4) is 0 Å². The number of ether oxygens (including phenoxy) is 1. The Kier molecular flexibility index (Phi) is 5.54. The van der Waals surface area contributed by atoms with Crippen molar-refractivity contribution in [3.63, 3.8) is 0 Å². The van der Waals surface area contributed by atoms with E-state index in [0.717, 1.165) is 16.9 Å². The van der Waals surface area contributed by atoms with E-state index in [1.165, 1.54) is 0 Å². The largest absolute Gasteiger partial charge is 0.487 e. The maximum atomic E-state index is 12.3. The van der Waals surface area contributed by atoms with Crippen molar-refractivity contribution in [1.82, 2.24) is 14.7 Å². The standard InChI is InChI=1S/C24H19N3O2/c28-24(25-14-7-10-19-8-2-1-3-9-19)20-11-6-12-22(16-20)29-18-21-17-27-15-5-4-13-23(27)26-21/h1-6,8-9,11-13,15-17H,14,18H2,(H,25,28). The number of imidazole rings is 1. The van der Waals surface area contributed by atoms with E-state index in [-0.39, 0.29) is 12.5 Å². The first-order valence-corrected chi connectivity index (χ1v) is 9.25. The molecule has 4 aromatic rings. The minimum Gasteiger partial charge on any atom is -0.487 e. The number of nitrogens with zero attached hydrogens (tertiary/aromatic N) is 2. The van der Waals surface area contributed by atoms with Gasteiger partial charge in [0.15, 0.2) is 0 Å². The molecule has 1 amide bonds. The lowest BCUT2D eigenvalue weighted by Gasteiger charge is -2.06. The summed E-state index contributed by atoms with van der Waals surface area (Å²) >= 11 is 0. The molecular weight excluding hydrogens is 362 g/mol. The van der Waals surface area contributed by atoms with Gasteiger partial charge >= 0.3 is 0 Å². The zero-order chi connectivity index (χ0) is 19.9. The van der Waals surface area contributed by atoms with Crippen molar-refractivity contribution in [2.75, 3.05) is 6.54 Å². The molecular formula is C24H19N3O2. The van der Waals surface area contributed by atoms with Crippen LogP contribution in [0, 0.1) is 11.8 Å². The SMILES string of the molecule is O=C(NCC#Cc1ccccc1)c1cccc(OCc2cn3ccccc3n2)c1. The van der Waals surface area contributed by atoms with Gasteiger partial charge in [-0.25, -0.2) is 4.98 Å². The van der Waals surface area contributed by atoms with E-state index in [0.29, 0.717) is 17.9 Å². The molecule has 0 saturated carbocycles. The van der Waals surface area contributed by atoms with Gasteiger partial charge in [-0.05, 0) is 42.5 Å². The molecule has 4 rings (SSSR count). The highest BCUT2D eigenvalue weighted by Crippen LogP contribution is 2.15. The minimum atomic E-state index is -0.189. The molecule has 0 radical (unpaired) electrons. The summed E-state index contributed by atoms with van der Waals surface area (Å²) in [5.41, 5.74) is 3.14. The predicted octanol–water partition coefficient (Wildman–Crippen LogP) is 3.69. The van der Waals surface area contributed by atoms with Crippen LogP contribution in [0.1, 0.15) is 21.6 Å². The average molecular weight is 381 g/mol. The molecule has 0 aliphatic carbocycles. The van der Waals surface area contributed by atoms with Crippen LogP contribution in [-0.2, 0) is 6.61 Å². The van der Waals surface area contributed by atoms with Crippen LogP contribution in [0.25, 0.3) is 5.65 Å².